The Kier molecular flexibility index (Phi) is 3.72. The number of aryl methyl sites for hydroxylation is 1. The number of nitrogens with one attached hydrogen (secondary N) is 1. The maximum Gasteiger partial charge on any atom is 0.220 e. The zero-order chi connectivity index (χ0) is 14.9. The average molecular weight is 331 g/mol. The lowest BCUT2D eigenvalue weighted by Crippen LogP contribution is -2.22. The lowest BCUT2D eigenvalue weighted by molar-refractivity contribution is -0.121. The molecule has 0 saturated heterocycles. The van der Waals surface area contributed by atoms with Gasteiger partial charge in [-0.15, -0.1) is 22.7 Å². The molecular weight excluding hydrogens is 314 g/mol. The molecule has 4 nitrogen and oxygen atoms in total. The molecule has 1 saturated carbocycles. The minimum absolute atomic E-state index is 0.107. The van der Waals surface area contributed by atoms with Crippen molar-refractivity contribution >= 4 is 33.5 Å². The van der Waals surface area contributed by atoms with Crippen molar-refractivity contribution in [3.63, 3.8) is 0 Å². The third-order valence-corrected chi connectivity index (χ3v) is 5.71. The first-order valence-corrected chi connectivity index (χ1v) is 9.30. The van der Waals surface area contributed by atoms with Crippen LogP contribution in [0.3, 0.4) is 0 Å². The molecule has 0 bridgehead atoms. The summed E-state index contributed by atoms with van der Waals surface area (Å²) in [5.41, 5.74) is 2.40. The summed E-state index contributed by atoms with van der Waals surface area (Å²) in [6.07, 6.45) is 5.98. The van der Waals surface area contributed by atoms with Crippen LogP contribution >= 0.6 is 22.7 Å². The number of nitrogens with zero attached hydrogens (tertiary/aromatic N) is 2. The van der Waals surface area contributed by atoms with Gasteiger partial charge in [0.2, 0.25) is 5.91 Å². The van der Waals surface area contributed by atoms with Gasteiger partial charge < -0.3 is 5.32 Å². The van der Waals surface area contributed by atoms with Gasteiger partial charge in [0.15, 0.2) is 4.96 Å². The number of imidazole rings is 1. The first kappa shape index (κ1) is 14.0. The van der Waals surface area contributed by atoms with E-state index in [1.807, 2.05) is 17.5 Å². The summed E-state index contributed by atoms with van der Waals surface area (Å²) < 4.78 is 2.16. The third kappa shape index (κ3) is 2.94. The molecule has 6 heteroatoms. The molecule has 0 radical (unpaired) electrons. The molecule has 3 aromatic rings. The van der Waals surface area contributed by atoms with Crippen molar-refractivity contribution < 1.29 is 4.79 Å². The van der Waals surface area contributed by atoms with E-state index < -0.39 is 0 Å². The van der Waals surface area contributed by atoms with Crippen molar-refractivity contribution in [3.8, 4) is 0 Å². The van der Waals surface area contributed by atoms with E-state index in [0.717, 1.165) is 11.4 Å². The van der Waals surface area contributed by atoms with Crippen LogP contribution in [0.25, 0.3) is 4.96 Å². The SMILES string of the molecule is O=C(CCc1csc2nc(C3CC3)cn12)NCc1cccs1. The van der Waals surface area contributed by atoms with E-state index in [1.165, 1.54) is 29.1 Å². The molecule has 0 spiro atoms. The number of thiazole rings is 1. The standard InChI is InChI=1S/C16H17N3OS2/c20-15(17-8-13-2-1-7-21-13)6-5-12-10-22-16-18-14(9-19(12)16)11-3-4-11/h1-2,7,9-11H,3-6,8H2,(H,17,20). The molecule has 1 fully saturated rings. The fourth-order valence-electron chi connectivity index (χ4n) is 2.53. The molecule has 0 aliphatic heterocycles. The molecule has 0 unspecified atom stereocenters. The maximum atomic E-state index is 12.0. The summed E-state index contributed by atoms with van der Waals surface area (Å²) in [6, 6.07) is 4.04. The number of hydrogen-bond donors (Lipinski definition) is 1. The van der Waals surface area contributed by atoms with Crippen molar-refractivity contribution in [1.82, 2.24) is 14.7 Å². The molecule has 1 N–H and O–H groups in total. The number of hydrogen-bond acceptors (Lipinski definition) is 4. The molecule has 3 heterocycles. The zero-order valence-corrected chi connectivity index (χ0v) is 13.8. The van der Waals surface area contributed by atoms with Crippen molar-refractivity contribution in [2.75, 3.05) is 0 Å². The third-order valence-electron chi connectivity index (χ3n) is 3.95. The maximum absolute atomic E-state index is 12.0. The second-order valence-corrected chi connectivity index (χ2v) is 7.54. The van der Waals surface area contributed by atoms with Crippen LogP contribution in [0.5, 0.6) is 0 Å². The number of thiophene rings is 1. The largest absolute Gasteiger partial charge is 0.351 e. The van der Waals surface area contributed by atoms with Gasteiger partial charge in [-0.25, -0.2) is 4.98 Å². The number of amides is 1. The van der Waals surface area contributed by atoms with E-state index in [9.17, 15) is 4.79 Å². The quantitative estimate of drug-likeness (QED) is 0.750. The summed E-state index contributed by atoms with van der Waals surface area (Å²) in [5.74, 6) is 0.782. The highest BCUT2D eigenvalue weighted by Gasteiger charge is 2.26. The van der Waals surface area contributed by atoms with Crippen LogP contribution < -0.4 is 5.32 Å². The molecule has 0 atom stereocenters. The predicted octanol–water partition coefficient (Wildman–Crippen LogP) is 3.58. The summed E-state index contributed by atoms with van der Waals surface area (Å²) >= 11 is 3.33. The fourth-order valence-corrected chi connectivity index (χ4v) is 4.09. The number of rotatable bonds is 6. The number of carbonyl (C=O) groups is 1. The van der Waals surface area contributed by atoms with E-state index in [0.29, 0.717) is 18.9 Å². The Labute approximate surface area is 136 Å². The van der Waals surface area contributed by atoms with Gasteiger partial charge in [0.05, 0.1) is 12.2 Å². The first-order chi connectivity index (χ1) is 10.8. The number of fused-ring (bicyclic) bond motifs is 1. The number of aromatic nitrogens is 2. The normalized spacial score (nSPS) is 14.5. The van der Waals surface area contributed by atoms with Gasteiger partial charge in [0.1, 0.15) is 0 Å². The molecular formula is C16H17N3OS2. The van der Waals surface area contributed by atoms with Crippen LogP contribution in [-0.2, 0) is 17.8 Å². The minimum Gasteiger partial charge on any atom is -0.351 e. The van der Waals surface area contributed by atoms with Gasteiger partial charge in [-0.3, -0.25) is 9.20 Å². The van der Waals surface area contributed by atoms with E-state index in [2.05, 4.69) is 26.3 Å². The Morgan fingerprint density at radius 3 is 3.09 bits per heavy atom. The van der Waals surface area contributed by atoms with E-state index >= 15 is 0 Å². The second-order valence-electron chi connectivity index (χ2n) is 5.68. The monoisotopic (exact) mass is 331 g/mol. The van der Waals surface area contributed by atoms with Gasteiger partial charge in [-0.1, -0.05) is 6.07 Å². The number of carbonyl (C=O) groups excluding carboxylic acids is 1. The van der Waals surface area contributed by atoms with Crippen LogP contribution in [0.2, 0.25) is 0 Å². The highest BCUT2D eigenvalue weighted by atomic mass is 32.1. The van der Waals surface area contributed by atoms with Crippen LogP contribution in [0.15, 0.2) is 29.1 Å². The summed E-state index contributed by atoms with van der Waals surface area (Å²) in [4.78, 5) is 18.9. The Morgan fingerprint density at radius 1 is 1.41 bits per heavy atom. The summed E-state index contributed by atoms with van der Waals surface area (Å²) in [6.45, 7) is 0.631. The summed E-state index contributed by atoms with van der Waals surface area (Å²) in [7, 11) is 0. The van der Waals surface area contributed by atoms with E-state index in [1.54, 1.807) is 22.7 Å². The minimum atomic E-state index is 0.107. The van der Waals surface area contributed by atoms with Gasteiger partial charge in [0, 0.05) is 34.5 Å². The van der Waals surface area contributed by atoms with Crippen molar-refractivity contribution in [3.05, 3.63) is 45.4 Å². The molecule has 0 aromatic carbocycles. The highest BCUT2D eigenvalue weighted by molar-refractivity contribution is 7.15. The van der Waals surface area contributed by atoms with Crippen molar-refractivity contribution in [2.24, 2.45) is 0 Å². The highest BCUT2D eigenvalue weighted by Crippen LogP contribution is 2.40. The molecule has 22 heavy (non-hydrogen) atoms. The molecule has 1 amide bonds. The summed E-state index contributed by atoms with van der Waals surface area (Å²) in [5, 5.41) is 7.12. The lowest BCUT2D eigenvalue weighted by atomic mass is 10.2. The van der Waals surface area contributed by atoms with Gasteiger partial charge >= 0.3 is 0 Å². The fraction of sp³-hybridized carbons (Fsp3) is 0.375. The molecule has 4 rings (SSSR count). The van der Waals surface area contributed by atoms with Crippen molar-refractivity contribution in [1.29, 1.82) is 0 Å². The Balaban J connectivity index is 1.35. The van der Waals surface area contributed by atoms with E-state index in [-0.39, 0.29) is 5.91 Å². The molecule has 1 aliphatic carbocycles. The Morgan fingerprint density at radius 2 is 2.32 bits per heavy atom. The van der Waals surface area contributed by atoms with Crippen LogP contribution in [0.4, 0.5) is 0 Å². The molecule has 3 aromatic heterocycles. The van der Waals surface area contributed by atoms with Gasteiger partial charge in [-0.2, -0.15) is 0 Å². The van der Waals surface area contributed by atoms with Gasteiger partial charge in [0.25, 0.3) is 0 Å². The lowest BCUT2D eigenvalue weighted by Gasteiger charge is -2.03. The second kappa shape index (κ2) is 5.85. The zero-order valence-electron chi connectivity index (χ0n) is 12.1. The van der Waals surface area contributed by atoms with Crippen molar-refractivity contribution in [2.45, 2.75) is 38.1 Å². The smallest absolute Gasteiger partial charge is 0.220 e. The topological polar surface area (TPSA) is 46.4 Å². The first-order valence-electron chi connectivity index (χ1n) is 7.54. The molecule has 1 aliphatic rings. The van der Waals surface area contributed by atoms with Crippen LogP contribution in [0, 0.1) is 0 Å². The average Bonchev–Trinajstić information content (AvgIpc) is 2.95. The Bertz CT molecular complexity index is 784. The predicted molar refractivity (Wildman–Crippen MR) is 89.5 cm³/mol. The van der Waals surface area contributed by atoms with Gasteiger partial charge in [-0.05, 0) is 30.7 Å². The van der Waals surface area contributed by atoms with E-state index in [4.69, 9.17) is 0 Å². The Hall–Kier alpha value is -1.66. The van der Waals surface area contributed by atoms with Crippen LogP contribution in [-0.4, -0.2) is 15.3 Å². The van der Waals surface area contributed by atoms with Crippen LogP contribution in [0.1, 0.15) is 41.4 Å². The molecule has 114 valence electrons.